The van der Waals surface area contributed by atoms with Gasteiger partial charge < -0.3 is 19.5 Å². The van der Waals surface area contributed by atoms with Crippen molar-refractivity contribution >= 4 is 23.6 Å². The molecule has 0 atom stereocenters. The third kappa shape index (κ3) is 6.46. The number of hydrogen-bond donors (Lipinski definition) is 1. The molecule has 0 radical (unpaired) electrons. The van der Waals surface area contributed by atoms with Gasteiger partial charge in [-0.05, 0) is 61.7 Å². The van der Waals surface area contributed by atoms with Crippen molar-refractivity contribution < 1.29 is 23.8 Å². The van der Waals surface area contributed by atoms with E-state index in [1.165, 1.54) is 7.11 Å². The summed E-state index contributed by atoms with van der Waals surface area (Å²) in [5.74, 6) is -0.120. The largest absolute Gasteiger partial charge is 0.493 e. The quantitative estimate of drug-likeness (QED) is 0.700. The number of aryl methyl sites for hydroxylation is 2. The van der Waals surface area contributed by atoms with Gasteiger partial charge in [0.25, 0.3) is 5.91 Å². The molecule has 0 fully saturated rings. The molecule has 0 aliphatic heterocycles. The Morgan fingerprint density at radius 1 is 1.00 bits per heavy atom. The molecule has 2 aromatic rings. The van der Waals surface area contributed by atoms with Crippen molar-refractivity contribution in [2.24, 2.45) is 0 Å². The first-order valence-electron chi connectivity index (χ1n) is 8.88. The molecule has 6 nitrogen and oxygen atoms in total. The summed E-state index contributed by atoms with van der Waals surface area (Å²) in [6.45, 7) is 5.10. The van der Waals surface area contributed by atoms with Crippen molar-refractivity contribution in [2.75, 3.05) is 25.6 Å². The number of anilines is 1. The highest BCUT2D eigenvalue weighted by Gasteiger charge is 2.11. The number of amides is 1. The number of ether oxygens (including phenoxy) is 3. The number of esters is 1. The van der Waals surface area contributed by atoms with Gasteiger partial charge in [-0.1, -0.05) is 24.3 Å². The van der Waals surface area contributed by atoms with Gasteiger partial charge in [0.2, 0.25) is 0 Å². The lowest BCUT2D eigenvalue weighted by molar-refractivity contribution is -0.149. The number of methoxy groups -OCH3 is 1. The smallest absolute Gasteiger partial charge is 0.344 e. The van der Waals surface area contributed by atoms with Crippen LogP contribution in [0.15, 0.2) is 42.5 Å². The molecule has 1 amide bonds. The summed E-state index contributed by atoms with van der Waals surface area (Å²) in [5.41, 5.74) is 3.70. The first kappa shape index (κ1) is 21.0. The molecule has 0 aliphatic rings. The van der Waals surface area contributed by atoms with Crippen LogP contribution in [-0.2, 0) is 14.3 Å². The van der Waals surface area contributed by atoms with E-state index in [4.69, 9.17) is 14.2 Å². The van der Waals surface area contributed by atoms with Crippen LogP contribution in [-0.4, -0.2) is 32.2 Å². The second-order valence-corrected chi connectivity index (χ2v) is 6.28. The number of carbonyl (C=O) groups excluding carboxylic acids is 2. The van der Waals surface area contributed by atoms with Gasteiger partial charge in [-0.3, -0.25) is 4.79 Å². The van der Waals surface area contributed by atoms with Crippen molar-refractivity contribution in [2.45, 2.75) is 20.8 Å². The summed E-state index contributed by atoms with van der Waals surface area (Å²) in [7, 11) is 1.53. The lowest BCUT2D eigenvalue weighted by Gasteiger charge is -2.11. The van der Waals surface area contributed by atoms with Gasteiger partial charge in [0.05, 0.1) is 7.11 Å². The Balaban J connectivity index is 1.83. The van der Waals surface area contributed by atoms with Gasteiger partial charge in [0, 0.05) is 5.69 Å². The minimum absolute atomic E-state index is 0.323. The second-order valence-electron chi connectivity index (χ2n) is 6.28. The second kappa shape index (κ2) is 10.2. The first-order valence-corrected chi connectivity index (χ1v) is 8.88. The Morgan fingerprint density at radius 3 is 2.36 bits per heavy atom. The predicted octanol–water partition coefficient (Wildman–Crippen LogP) is 3.91. The number of nitrogens with one attached hydrogen (secondary N) is 1. The summed E-state index contributed by atoms with van der Waals surface area (Å²) >= 11 is 0. The summed E-state index contributed by atoms with van der Waals surface area (Å²) in [5, 5.41) is 2.71. The molecule has 0 aliphatic carbocycles. The molecule has 28 heavy (non-hydrogen) atoms. The Bertz CT molecular complexity index is 853. The van der Waals surface area contributed by atoms with Crippen molar-refractivity contribution in [1.29, 1.82) is 0 Å². The van der Waals surface area contributed by atoms with Crippen LogP contribution in [0.2, 0.25) is 0 Å². The maximum Gasteiger partial charge on any atom is 0.344 e. The molecule has 0 aromatic heterocycles. The van der Waals surface area contributed by atoms with Gasteiger partial charge in [0.15, 0.2) is 24.7 Å². The van der Waals surface area contributed by atoms with E-state index in [0.29, 0.717) is 17.2 Å². The normalized spacial score (nSPS) is 10.6. The van der Waals surface area contributed by atoms with Crippen molar-refractivity contribution in [3.05, 3.63) is 59.2 Å². The van der Waals surface area contributed by atoms with Gasteiger partial charge in [-0.15, -0.1) is 0 Å². The van der Waals surface area contributed by atoms with Crippen LogP contribution >= 0.6 is 0 Å². The Morgan fingerprint density at radius 2 is 1.71 bits per heavy atom. The lowest BCUT2D eigenvalue weighted by Crippen LogP contribution is -2.23. The van der Waals surface area contributed by atoms with Crippen LogP contribution in [0.25, 0.3) is 6.08 Å². The molecule has 2 rings (SSSR count). The van der Waals surface area contributed by atoms with Gasteiger partial charge in [-0.25, -0.2) is 4.79 Å². The summed E-state index contributed by atoms with van der Waals surface area (Å²) in [4.78, 5) is 23.8. The maximum atomic E-state index is 12.0. The number of carbonyl (C=O) groups is 2. The molecule has 6 heteroatoms. The average molecular weight is 383 g/mol. The molecule has 0 heterocycles. The molecule has 148 valence electrons. The highest BCUT2D eigenvalue weighted by Crippen LogP contribution is 2.28. The molecular weight excluding hydrogens is 358 g/mol. The monoisotopic (exact) mass is 383 g/mol. The number of hydrogen-bond acceptors (Lipinski definition) is 5. The zero-order valence-electron chi connectivity index (χ0n) is 16.6. The van der Waals surface area contributed by atoms with E-state index in [9.17, 15) is 9.59 Å². The van der Waals surface area contributed by atoms with E-state index >= 15 is 0 Å². The van der Waals surface area contributed by atoms with Crippen LogP contribution in [0.4, 0.5) is 5.69 Å². The van der Waals surface area contributed by atoms with Crippen molar-refractivity contribution in [3.8, 4) is 11.5 Å². The molecular formula is C22H25NO5. The topological polar surface area (TPSA) is 73.9 Å². The van der Waals surface area contributed by atoms with Crippen LogP contribution in [0.5, 0.6) is 11.5 Å². The van der Waals surface area contributed by atoms with Crippen LogP contribution < -0.4 is 14.8 Å². The van der Waals surface area contributed by atoms with Crippen molar-refractivity contribution in [3.63, 3.8) is 0 Å². The fourth-order valence-electron chi connectivity index (χ4n) is 2.67. The molecule has 0 bridgehead atoms. The average Bonchev–Trinajstić information content (AvgIpc) is 2.64. The highest BCUT2D eigenvalue weighted by atomic mass is 16.6. The van der Waals surface area contributed by atoms with E-state index in [2.05, 4.69) is 5.32 Å². The van der Waals surface area contributed by atoms with E-state index < -0.39 is 11.9 Å². The fraction of sp³-hybridized carbons (Fsp3) is 0.273. The van der Waals surface area contributed by atoms with E-state index in [0.717, 1.165) is 16.7 Å². The van der Waals surface area contributed by atoms with E-state index in [-0.39, 0.29) is 13.2 Å². The Kier molecular flexibility index (Phi) is 7.63. The lowest BCUT2D eigenvalue weighted by atomic mass is 10.1. The minimum Gasteiger partial charge on any atom is -0.493 e. The Labute approximate surface area is 165 Å². The minimum atomic E-state index is -0.643. The number of allylic oxidation sites excluding steroid dienone is 1. The van der Waals surface area contributed by atoms with Crippen LogP contribution in [0.1, 0.15) is 23.6 Å². The SMILES string of the molecule is C/C=C/c1ccc(OCC(=O)OCC(=O)Nc2cc(C)cc(C)c2)c(OC)c1. The molecule has 1 N–H and O–H groups in total. The Hall–Kier alpha value is -3.28. The van der Waals surface area contributed by atoms with Crippen LogP contribution in [0.3, 0.4) is 0 Å². The summed E-state index contributed by atoms with van der Waals surface area (Å²) < 4.78 is 15.7. The first-order chi connectivity index (χ1) is 13.4. The molecule has 0 unspecified atom stereocenters. The number of benzene rings is 2. The van der Waals surface area contributed by atoms with Gasteiger partial charge >= 0.3 is 5.97 Å². The standard InChI is InChI=1S/C22H25NO5/c1-5-6-17-7-8-19(20(12-17)26-4)27-14-22(25)28-13-21(24)23-18-10-15(2)9-16(3)11-18/h5-12H,13-14H2,1-4H3,(H,23,24)/b6-5+. The van der Waals surface area contributed by atoms with Gasteiger partial charge in [0.1, 0.15) is 0 Å². The third-order valence-electron chi connectivity index (χ3n) is 3.76. The predicted molar refractivity (Wildman–Crippen MR) is 109 cm³/mol. The summed E-state index contributed by atoms with van der Waals surface area (Å²) in [6, 6.07) is 11.1. The third-order valence-corrected chi connectivity index (χ3v) is 3.76. The zero-order valence-corrected chi connectivity index (χ0v) is 16.6. The molecule has 0 saturated heterocycles. The maximum absolute atomic E-state index is 12.0. The van der Waals surface area contributed by atoms with Crippen molar-refractivity contribution in [1.82, 2.24) is 0 Å². The highest BCUT2D eigenvalue weighted by molar-refractivity contribution is 5.93. The number of rotatable bonds is 8. The molecule has 0 saturated carbocycles. The zero-order chi connectivity index (χ0) is 20.5. The fourth-order valence-corrected chi connectivity index (χ4v) is 2.67. The van der Waals surface area contributed by atoms with E-state index in [1.54, 1.807) is 12.1 Å². The van der Waals surface area contributed by atoms with Gasteiger partial charge in [-0.2, -0.15) is 0 Å². The van der Waals surface area contributed by atoms with E-state index in [1.807, 2.05) is 57.2 Å². The summed E-state index contributed by atoms with van der Waals surface area (Å²) in [6.07, 6.45) is 3.84. The van der Waals surface area contributed by atoms with Crippen LogP contribution in [0, 0.1) is 13.8 Å². The molecule has 0 spiro atoms. The molecule has 2 aromatic carbocycles.